The summed E-state index contributed by atoms with van der Waals surface area (Å²) < 4.78 is 11.0. The van der Waals surface area contributed by atoms with Gasteiger partial charge < -0.3 is 19.5 Å². The lowest BCUT2D eigenvalue weighted by molar-refractivity contribution is 0.413. The lowest BCUT2D eigenvalue weighted by Crippen LogP contribution is -2.27. The Kier molecular flexibility index (Phi) is 6.89. The van der Waals surface area contributed by atoms with E-state index in [-0.39, 0.29) is 0 Å². The van der Waals surface area contributed by atoms with E-state index in [0.717, 1.165) is 50.3 Å². The van der Waals surface area contributed by atoms with Crippen molar-refractivity contribution in [3.63, 3.8) is 0 Å². The van der Waals surface area contributed by atoms with E-state index < -0.39 is 0 Å². The Morgan fingerprint density at radius 2 is 1.62 bits per heavy atom. The highest BCUT2D eigenvalue weighted by Gasteiger charge is 2.24. The van der Waals surface area contributed by atoms with Crippen LogP contribution in [-0.4, -0.2) is 32.4 Å². The van der Waals surface area contributed by atoms with E-state index in [9.17, 15) is 5.11 Å². The summed E-state index contributed by atoms with van der Waals surface area (Å²) in [6, 6.07) is 20.6. The van der Waals surface area contributed by atoms with Crippen molar-refractivity contribution < 1.29 is 14.6 Å². The van der Waals surface area contributed by atoms with Crippen molar-refractivity contribution in [3.8, 4) is 17.2 Å². The monoisotopic (exact) mass is 431 g/mol. The first-order chi connectivity index (χ1) is 15.6. The number of nitrogens with zero attached hydrogens (tertiary/aromatic N) is 1. The molecule has 3 aromatic rings. The Labute approximate surface area is 191 Å². The van der Waals surface area contributed by atoms with Gasteiger partial charge in [-0.25, -0.2) is 0 Å². The van der Waals surface area contributed by atoms with E-state index in [0.29, 0.717) is 11.7 Å². The Morgan fingerprint density at radius 3 is 2.34 bits per heavy atom. The van der Waals surface area contributed by atoms with Gasteiger partial charge in [-0.05, 0) is 91.1 Å². The molecule has 4 heteroatoms. The van der Waals surface area contributed by atoms with Crippen molar-refractivity contribution in [2.75, 3.05) is 32.2 Å². The number of aryl methyl sites for hydroxylation is 1. The van der Waals surface area contributed by atoms with Gasteiger partial charge in [0.2, 0.25) is 0 Å². The second kappa shape index (κ2) is 9.99. The third-order valence-electron chi connectivity index (χ3n) is 6.65. The van der Waals surface area contributed by atoms with E-state index in [2.05, 4.69) is 48.2 Å². The van der Waals surface area contributed by atoms with Crippen LogP contribution in [0.2, 0.25) is 0 Å². The van der Waals surface area contributed by atoms with Crippen molar-refractivity contribution in [1.29, 1.82) is 0 Å². The lowest BCUT2D eigenvalue weighted by atomic mass is 9.79. The van der Waals surface area contributed by atoms with E-state index in [1.165, 1.54) is 27.9 Å². The van der Waals surface area contributed by atoms with Crippen LogP contribution in [0.4, 0.5) is 5.69 Å². The fourth-order valence-electron chi connectivity index (χ4n) is 4.77. The number of benzene rings is 3. The lowest BCUT2D eigenvalue weighted by Gasteiger charge is -2.32. The molecule has 0 aromatic heterocycles. The summed E-state index contributed by atoms with van der Waals surface area (Å²) in [6.45, 7) is 4.06. The van der Waals surface area contributed by atoms with Crippen LogP contribution in [0.3, 0.4) is 0 Å². The number of ether oxygens (including phenoxy) is 2. The minimum absolute atomic E-state index is 0.311. The van der Waals surface area contributed by atoms with Crippen molar-refractivity contribution in [2.45, 2.75) is 38.5 Å². The van der Waals surface area contributed by atoms with Gasteiger partial charge in [-0.3, -0.25) is 0 Å². The summed E-state index contributed by atoms with van der Waals surface area (Å²) in [5.41, 5.74) is 6.74. The molecule has 0 amide bonds. The number of anilines is 1. The molecule has 3 aromatic carbocycles. The van der Waals surface area contributed by atoms with Crippen molar-refractivity contribution >= 4 is 5.69 Å². The molecule has 0 fully saturated rings. The highest BCUT2D eigenvalue weighted by Crippen LogP contribution is 2.39. The molecule has 0 radical (unpaired) electrons. The molecular weight excluding hydrogens is 398 g/mol. The van der Waals surface area contributed by atoms with Gasteiger partial charge in [0.05, 0.1) is 14.2 Å². The van der Waals surface area contributed by atoms with E-state index >= 15 is 0 Å². The fourth-order valence-corrected chi connectivity index (χ4v) is 4.77. The van der Waals surface area contributed by atoms with Crippen LogP contribution in [0.25, 0.3) is 0 Å². The van der Waals surface area contributed by atoms with Crippen molar-refractivity contribution in [2.24, 2.45) is 0 Å². The van der Waals surface area contributed by atoms with E-state index in [4.69, 9.17) is 9.47 Å². The predicted molar refractivity (Wildman–Crippen MR) is 130 cm³/mol. The van der Waals surface area contributed by atoms with Crippen LogP contribution in [0.15, 0.2) is 60.7 Å². The highest BCUT2D eigenvalue weighted by molar-refractivity contribution is 5.59. The topological polar surface area (TPSA) is 41.9 Å². The van der Waals surface area contributed by atoms with Gasteiger partial charge >= 0.3 is 0 Å². The first kappa shape index (κ1) is 22.1. The molecule has 0 spiro atoms. The highest BCUT2D eigenvalue weighted by atomic mass is 16.5. The molecule has 0 aliphatic heterocycles. The third-order valence-corrected chi connectivity index (χ3v) is 6.65. The first-order valence-corrected chi connectivity index (χ1v) is 11.5. The summed E-state index contributed by atoms with van der Waals surface area (Å²) in [5.74, 6) is 2.64. The van der Waals surface area contributed by atoms with Gasteiger partial charge in [0.15, 0.2) is 0 Å². The van der Waals surface area contributed by atoms with Gasteiger partial charge in [0.25, 0.3) is 0 Å². The number of fused-ring (bicyclic) bond motifs is 1. The normalized spacial score (nSPS) is 15.2. The van der Waals surface area contributed by atoms with Gasteiger partial charge in [0, 0.05) is 24.8 Å². The van der Waals surface area contributed by atoms with E-state index in [1.54, 1.807) is 26.4 Å². The second-order valence-corrected chi connectivity index (χ2v) is 8.50. The van der Waals surface area contributed by atoms with Gasteiger partial charge in [-0.2, -0.15) is 0 Å². The standard InChI is InChI=1S/C28H33NO3/c1-4-29(16-15-20-5-10-24(30)11-6-20)28-19-26(32-3)13-14-27(28)23-8-7-22-18-25(31-2)12-9-21(22)17-23/h5-6,9-14,18-19,23,30H,4,7-8,15-17H2,1-3H3. The Morgan fingerprint density at radius 1 is 0.906 bits per heavy atom. The molecule has 168 valence electrons. The number of hydrogen-bond donors (Lipinski definition) is 1. The maximum Gasteiger partial charge on any atom is 0.120 e. The largest absolute Gasteiger partial charge is 0.508 e. The maximum atomic E-state index is 9.56. The zero-order chi connectivity index (χ0) is 22.5. The minimum Gasteiger partial charge on any atom is -0.508 e. The zero-order valence-electron chi connectivity index (χ0n) is 19.3. The molecule has 4 nitrogen and oxygen atoms in total. The van der Waals surface area contributed by atoms with Gasteiger partial charge in [-0.1, -0.05) is 24.3 Å². The quantitative estimate of drug-likeness (QED) is 0.493. The van der Waals surface area contributed by atoms with Crippen molar-refractivity contribution in [1.82, 2.24) is 0 Å². The number of phenolic OH excluding ortho intramolecular Hbond substituents is 1. The number of hydrogen-bond acceptors (Lipinski definition) is 4. The summed E-state index contributed by atoms with van der Waals surface area (Å²) in [4.78, 5) is 2.45. The molecule has 1 aliphatic carbocycles. The van der Waals surface area contributed by atoms with Crippen LogP contribution in [-0.2, 0) is 19.3 Å². The maximum absolute atomic E-state index is 9.56. The Balaban J connectivity index is 1.59. The number of methoxy groups -OCH3 is 2. The van der Waals surface area contributed by atoms with Crippen molar-refractivity contribution in [3.05, 3.63) is 82.9 Å². The Bertz CT molecular complexity index is 1050. The smallest absolute Gasteiger partial charge is 0.120 e. The van der Waals surface area contributed by atoms with Crippen LogP contribution >= 0.6 is 0 Å². The zero-order valence-corrected chi connectivity index (χ0v) is 19.3. The molecule has 4 rings (SSSR count). The molecular formula is C28H33NO3. The first-order valence-electron chi connectivity index (χ1n) is 11.5. The predicted octanol–water partition coefficient (Wildman–Crippen LogP) is 5.75. The molecule has 0 bridgehead atoms. The van der Waals surface area contributed by atoms with Gasteiger partial charge in [0.1, 0.15) is 17.2 Å². The summed E-state index contributed by atoms with van der Waals surface area (Å²) in [5, 5.41) is 9.56. The number of phenols is 1. The number of rotatable bonds is 8. The molecule has 1 unspecified atom stereocenters. The van der Waals surface area contributed by atoms with Crippen LogP contribution in [0.5, 0.6) is 17.2 Å². The molecule has 1 aliphatic rings. The molecule has 1 atom stereocenters. The fraction of sp³-hybridized carbons (Fsp3) is 0.357. The van der Waals surface area contributed by atoms with Crippen LogP contribution < -0.4 is 14.4 Å². The third kappa shape index (κ3) is 4.85. The molecule has 0 saturated heterocycles. The molecule has 1 N–H and O–H groups in total. The van der Waals surface area contributed by atoms with Crippen LogP contribution in [0.1, 0.15) is 41.5 Å². The van der Waals surface area contributed by atoms with Crippen LogP contribution in [0, 0.1) is 0 Å². The molecule has 0 saturated carbocycles. The van der Waals surface area contributed by atoms with E-state index in [1.807, 2.05) is 12.1 Å². The summed E-state index contributed by atoms with van der Waals surface area (Å²) in [7, 11) is 3.46. The summed E-state index contributed by atoms with van der Waals surface area (Å²) >= 11 is 0. The van der Waals surface area contributed by atoms with Gasteiger partial charge in [-0.15, -0.1) is 0 Å². The Hall–Kier alpha value is -3.14. The molecule has 0 heterocycles. The second-order valence-electron chi connectivity index (χ2n) is 8.50. The molecule has 32 heavy (non-hydrogen) atoms. The average molecular weight is 432 g/mol. The average Bonchev–Trinajstić information content (AvgIpc) is 2.84. The number of likely N-dealkylation sites (N-methyl/N-ethyl adjacent to an activating group) is 1. The minimum atomic E-state index is 0.311. The SMILES string of the molecule is CCN(CCc1ccc(O)cc1)c1cc(OC)ccc1C1CCc2cc(OC)ccc2C1. The number of aromatic hydroxyl groups is 1. The summed E-state index contributed by atoms with van der Waals surface area (Å²) in [6.07, 6.45) is 4.18.